The molecule has 0 radical (unpaired) electrons. The van der Waals surface area contributed by atoms with Gasteiger partial charge in [-0.15, -0.1) is 0 Å². The van der Waals surface area contributed by atoms with Crippen molar-refractivity contribution < 1.29 is 8.42 Å². The molecule has 156 valence electrons. The lowest BCUT2D eigenvalue weighted by molar-refractivity contribution is 0.386. The summed E-state index contributed by atoms with van der Waals surface area (Å²) >= 11 is 0. The van der Waals surface area contributed by atoms with E-state index < -0.39 is 10.0 Å². The number of hydrogen-bond donors (Lipinski definition) is 2. The molecule has 4 rings (SSSR count). The molecule has 3 atom stereocenters. The van der Waals surface area contributed by atoms with Gasteiger partial charge in [0, 0.05) is 18.3 Å². The van der Waals surface area contributed by atoms with Crippen molar-refractivity contribution in [3.63, 3.8) is 0 Å². The Labute approximate surface area is 175 Å². The fraction of sp³-hybridized carbons (Fsp3) is 0.500. The Balaban J connectivity index is 1.50. The molecule has 2 bridgehead atoms. The van der Waals surface area contributed by atoms with Gasteiger partial charge < -0.3 is 5.32 Å². The normalized spacial score (nSPS) is 23.6. The van der Waals surface area contributed by atoms with Crippen molar-refractivity contribution in [2.75, 3.05) is 11.9 Å². The average molecular weight is 413 g/mol. The Kier molecular flexibility index (Phi) is 5.98. The summed E-state index contributed by atoms with van der Waals surface area (Å²) in [5, 5.41) is 3.55. The van der Waals surface area contributed by atoms with Crippen LogP contribution in [0.1, 0.15) is 44.2 Å². The second-order valence-corrected chi connectivity index (χ2v) is 10.8. The van der Waals surface area contributed by atoms with E-state index in [1.807, 2.05) is 6.07 Å². The van der Waals surface area contributed by atoms with Gasteiger partial charge in [-0.05, 0) is 85.3 Å². The Morgan fingerprint density at radius 1 is 0.966 bits per heavy atom. The van der Waals surface area contributed by atoms with Crippen molar-refractivity contribution in [2.45, 2.75) is 56.9 Å². The molecule has 0 aromatic heterocycles. The minimum atomic E-state index is -3.48. The first-order chi connectivity index (χ1) is 13.9. The minimum Gasteiger partial charge on any atom is -0.385 e. The summed E-state index contributed by atoms with van der Waals surface area (Å²) in [6.07, 6.45) is 5.26. The highest BCUT2D eigenvalue weighted by Gasteiger charge is 2.41. The number of sulfonamides is 1. The Morgan fingerprint density at radius 2 is 1.66 bits per heavy atom. The Hall–Kier alpha value is -1.85. The van der Waals surface area contributed by atoms with Crippen LogP contribution in [0.15, 0.2) is 53.4 Å². The highest BCUT2D eigenvalue weighted by Crippen LogP contribution is 2.41. The van der Waals surface area contributed by atoms with Gasteiger partial charge in [0.1, 0.15) is 0 Å². The molecule has 2 aliphatic rings. The van der Waals surface area contributed by atoms with E-state index in [9.17, 15) is 8.42 Å². The molecule has 5 heteroatoms. The molecular weight excluding hydrogens is 380 g/mol. The molecule has 0 saturated heterocycles. The molecule has 1 fully saturated rings. The van der Waals surface area contributed by atoms with Gasteiger partial charge in [-0.3, -0.25) is 0 Å². The molecule has 2 N–H and O–H groups in total. The third-order valence-electron chi connectivity index (χ3n) is 6.49. The molecule has 29 heavy (non-hydrogen) atoms. The quantitative estimate of drug-likeness (QED) is 0.698. The minimum absolute atomic E-state index is 0.0185. The van der Waals surface area contributed by atoms with E-state index >= 15 is 0 Å². The van der Waals surface area contributed by atoms with Crippen molar-refractivity contribution in [1.82, 2.24) is 4.72 Å². The van der Waals surface area contributed by atoms with Gasteiger partial charge in [0.2, 0.25) is 10.0 Å². The molecule has 3 unspecified atom stereocenters. The van der Waals surface area contributed by atoms with Crippen LogP contribution in [0.2, 0.25) is 0 Å². The summed E-state index contributed by atoms with van der Waals surface area (Å²) < 4.78 is 28.9. The summed E-state index contributed by atoms with van der Waals surface area (Å²) in [6, 6.07) is 15.5. The molecule has 0 amide bonds. The molecule has 0 aliphatic heterocycles. The average Bonchev–Trinajstić information content (AvgIpc) is 2.96. The zero-order valence-corrected chi connectivity index (χ0v) is 18.2. The third kappa shape index (κ3) is 4.67. The van der Waals surface area contributed by atoms with Gasteiger partial charge in [-0.25, -0.2) is 13.1 Å². The lowest BCUT2D eigenvalue weighted by atomic mass is 9.93. The maximum Gasteiger partial charge on any atom is 0.240 e. The molecule has 2 aromatic carbocycles. The predicted octanol–water partition coefficient (Wildman–Crippen LogP) is 4.62. The first-order valence-corrected chi connectivity index (χ1v) is 12.3. The van der Waals surface area contributed by atoms with Gasteiger partial charge in [0.25, 0.3) is 0 Å². The van der Waals surface area contributed by atoms with E-state index in [-0.39, 0.29) is 6.04 Å². The Bertz CT molecular complexity index is 941. The number of rotatable bonds is 7. The largest absolute Gasteiger partial charge is 0.385 e. The van der Waals surface area contributed by atoms with Crippen LogP contribution in [0.3, 0.4) is 0 Å². The fourth-order valence-corrected chi connectivity index (χ4v) is 6.26. The van der Waals surface area contributed by atoms with Crippen LogP contribution in [-0.2, 0) is 22.9 Å². The molecule has 4 nitrogen and oxygen atoms in total. The molecular formula is C24H32N2O2S. The Morgan fingerprint density at radius 3 is 2.34 bits per heavy atom. The lowest BCUT2D eigenvalue weighted by Crippen LogP contribution is -2.41. The summed E-state index contributed by atoms with van der Waals surface area (Å²) in [5.74, 6) is 1.43. The summed E-state index contributed by atoms with van der Waals surface area (Å²) in [4.78, 5) is 0.359. The summed E-state index contributed by atoms with van der Waals surface area (Å²) in [7, 11) is -3.48. The lowest BCUT2D eigenvalue weighted by Gasteiger charge is -2.23. The number of anilines is 1. The second kappa shape index (κ2) is 8.49. The van der Waals surface area contributed by atoms with Crippen molar-refractivity contribution in [1.29, 1.82) is 0 Å². The first kappa shape index (κ1) is 20.4. The molecule has 0 heterocycles. The van der Waals surface area contributed by atoms with E-state index in [2.05, 4.69) is 42.1 Å². The van der Waals surface area contributed by atoms with Crippen molar-refractivity contribution in [3.8, 4) is 0 Å². The smallest absolute Gasteiger partial charge is 0.240 e. The maximum atomic E-state index is 12.9. The van der Waals surface area contributed by atoms with Gasteiger partial charge in [0.05, 0.1) is 4.90 Å². The topological polar surface area (TPSA) is 58.2 Å². The van der Waals surface area contributed by atoms with Crippen molar-refractivity contribution >= 4 is 15.7 Å². The van der Waals surface area contributed by atoms with Crippen LogP contribution >= 0.6 is 0 Å². The van der Waals surface area contributed by atoms with Gasteiger partial charge in [0.15, 0.2) is 0 Å². The first-order valence-electron chi connectivity index (χ1n) is 10.9. The standard InChI is InChI=1S/C24H32N2O2S/c1-17(2)12-13-25-22-11-10-18-14-19-8-9-20(15-21(18)16-22)24(19)26-29(27,28)23-6-4-3-5-7-23/h3-7,10-11,16-17,19-20,24-26H,8-9,12-15H2,1-2H3. The third-order valence-corrected chi connectivity index (χ3v) is 7.97. The fourth-order valence-electron chi connectivity index (χ4n) is 4.86. The molecule has 1 saturated carbocycles. The molecule has 0 spiro atoms. The van der Waals surface area contributed by atoms with Gasteiger partial charge in [-0.2, -0.15) is 0 Å². The highest BCUT2D eigenvalue weighted by atomic mass is 32.2. The predicted molar refractivity (Wildman–Crippen MR) is 119 cm³/mol. The van der Waals surface area contributed by atoms with Crippen LogP contribution in [0.25, 0.3) is 0 Å². The van der Waals surface area contributed by atoms with Crippen LogP contribution < -0.4 is 10.0 Å². The van der Waals surface area contributed by atoms with Gasteiger partial charge in [-0.1, -0.05) is 38.1 Å². The van der Waals surface area contributed by atoms with E-state index in [1.165, 1.54) is 16.8 Å². The van der Waals surface area contributed by atoms with Crippen LogP contribution in [0.4, 0.5) is 5.69 Å². The van der Waals surface area contributed by atoms with E-state index in [0.717, 1.165) is 38.6 Å². The zero-order chi connectivity index (χ0) is 20.4. The number of hydrogen-bond acceptors (Lipinski definition) is 3. The molecule has 2 aromatic rings. The van der Waals surface area contributed by atoms with E-state index in [4.69, 9.17) is 0 Å². The van der Waals surface area contributed by atoms with E-state index in [0.29, 0.717) is 22.6 Å². The number of nitrogens with one attached hydrogen (secondary N) is 2. The van der Waals surface area contributed by atoms with Crippen molar-refractivity contribution in [3.05, 3.63) is 59.7 Å². The number of fused-ring (bicyclic) bond motifs is 3. The SMILES string of the molecule is CC(C)CCNc1ccc2c(c1)CC1CCC(C2)C1NS(=O)(=O)c1ccccc1. The monoisotopic (exact) mass is 412 g/mol. The van der Waals surface area contributed by atoms with Crippen LogP contribution in [-0.4, -0.2) is 21.0 Å². The second-order valence-electron chi connectivity index (χ2n) is 9.06. The highest BCUT2D eigenvalue weighted by molar-refractivity contribution is 7.89. The molecule has 2 aliphatic carbocycles. The van der Waals surface area contributed by atoms with Crippen LogP contribution in [0.5, 0.6) is 0 Å². The summed E-state index contributed by atoms with van der Waals surface area (Å²) in [6.45, 7) is 5.47. The zero-order valence-electron chi connectivity index (χ0n) is 17.4. The van der Waals surface area contributed by atoms with E-state index in [1.54, 1.807) is 24.3 Å². The van der Waals surface area contributed by atoms with Gasteiger partial charge >= 0.3 is 0 Å². The summed E-state index contributed by atoms with van der Waals surface area (Å²) in [5.41, 5.74) is 3.95. The number of benzene rings is 2. The van der Waals surface area contributed by atoms with Crippen LogP contribution in [0, 0.1) is 17.8 Å². The maximum absolute atomic E-state index is 12.9. The van der Waals surface area contributed by atoms with Crippen molar-refractivity contribution in [2.24, 2.45) is 17.8 Å².